The van der Waals surface area contributed by atoms with Crippen LogP contribution in [0.25, 0.3) is 50.6 Å². The SMILES string of the molecule is c1ccc(Oc2ccc(-c3nc4oc5ccccc5n4c3-c3ccc4c(c3)C(c3ccccc3)(c3ccccc3)c3ccccc3-4)cc2)cc1. The lowest BCUT2D eigenvalue weighted by Crippen LogP contribution is -2.28. The van der Waals surface area contributed by atoms with Crippen LogP contribution in [0.1, 0.15) is 22.3 Å². The van der Waals surface area contributed by atoms with Crippen molar-refractivity contribution in [2.75, 3.05) is 0 Å². The molecule has 50 heavy (non-hydrogen) atoms. The maximum Gasteiger partial charge on any atom is 0.307 e. The molecule has 2 aromatic heterocycles. The molecule has 0 bridgehead atoms. The Morgan fingerprint density at radius 1 is 0.500 bits per heavy atom. The molecule has 0 fully saturated rings. The molecule has 0 radical (unpaired) electrons. The van der Waals surface area contributed by atoms with E-state index in [1.54, 1.807) is 0 Å². The topological polar surface area (TPSA) is 39.7 Å². The molecule has 0 atom stereocenters. The van der Waals surface area contributed by atoms with Gasteiger partial charge in [0, 0.05) is 11.1 Å². The van der Waals surface area contributed by atoms with Crippen molar-refractivity contribution >= 4 is 16.9 Å². The smallest absolute Gasteiger partial charge is 0.307 e. The number of hydrogen-bond donors (Lipinski definition) is 0. The van der Waals surface area contributed by atoms with E-state index in [0.29, 0.717) is 5.84 Å². The monoisotopic (exact) mass is 642 g/mol. The van der Waals surface area contributed by atoms with Gasteiger partial charge in [0.2, 0.25) is 0 Å². The molecule has 0 N–H and O–H groups in total. The van der Waals surface area contributed by atoms with E-state index in [9.17, 15) is 0 Å². The van der Waals surface area contributed by atoms with Crippen LogP contribution >= 0.6 is 0 Å². The van der Waals surface area contributed by atoms with Gasteiger partial charge in [0.15, 0.2) is 5.58 Å². The second kappa shape index (κ2) is 11.2. The highest BCUT2D eigenvalue weighted by atomic mass is 16.5. The third-order valence-corrected chi connectivity index (χ3v) is 9.99. The van der Waals surface area contributed by atoms with Crippen molar-refractivity contribution in [3.63, 3.8) is 0 Å². The molecule has 4 nitrogen and oxygen atoms in total. The Labute approximate surface area is 289 Å². The van der Waals surface area contributed by atoms with Gasteiger partial charge in [-0.05, 0) is 88.0 Å². The van der Waals surface area contributed by atoms with Gasteiger partial charge in [-0.2, -0.15) is 4.98 Å². The number of rotatable bonds is 6. The van der Waals surface area contributed by atoms with Gasteiger partial charge in [-0.25, -0.2) is 0 Å². The Hall–Kier alpha value is -6.65. The molecule has 10 rings (SSSR count). The van der Waals surface area contributed by atoms with Crippen molar-refractivity contribution in [1.29, 1.82) is 0 Å². The van der Waals surface area contributed by atoms with Gasteiger partial charge < -0.3 is 9.15 Å². The molecule has 1 aliphatic rings. The van der Waals surface area contributed by atoms with Gasteiger partial charge in [0.05, 0.1) is 16.6 Å². The van der Waals surface area contributed by atoms with E-state index in [0.717, 1.165) is 45.1 Å². The van der Waals surface area contributed by atoms with E-state index in [4.69, 9.17) is 14.1 Å². The van der Waals surface area contributed by atoms with E-state index >= 15 is 0 Å². The molecule has 1 aliphatic carbocycles. The zero-order valence-electron chi connectivity index (χ0n) is 27.0. The third kappa shape index (κ3) is 4.22. The Morgan fingerprint density at radius 3 is 1.82 bits per heavy atom. The van der Waals surface area contributed by atoms with Crippen LogP contribution in [0.5, 0.6) is 11.5 Å². The first-order chi connectivity index (χ1) is 24.8. The fourth-order valence-corrected chi connectivity index (χ4v) is 7.88. The molecule has 0 amide bonds. The van der Waals surface area contributed by atoms with Gasteiger partial charge in [0.25, 0.3) is 0 Å². The minimum absolute atomic E-state index is 0.511. The maximum absolute atomic E-state index is 6.37. The van der Waals surface area contributed by atoms with Crippen LogP contribution in [0, 0.1) is 0 Å². The number of benzene rings is 7. The van der Waals surface area contributed by atoms with E-state index in [2.05, 4.69) is 126 Å². The summed E-state index contributed by atoms with van der Waals surface area (Å²) < 4.78 is 14.7. The van der Waals surface area contributed by atoms with Gasteiger partial charge in [-0.3, -0.25) is 4.40 Å². The summed E-state index contributed by atoms with van der Waals surface area (Å²) in [4.78, 5) is 5.15. The molecule has 0 saturated heterocycles. The summed E-state index contributed by atoms with van der Waals surface area (Å²) in [5.74, 6) is 2.12. The van der Waals surface area contributed by atoms with Crippen LogP contribution in [-0.2, 0) is 5.41 Å². The van der Waals surface area contributed by atoms with Crippen LogP contribution < -0.4 is 4.74 Å². The predicted molar refractivity (Wildman–Crippen MR) is 200 cm³/mol. The van der Waals surface area contributed by atoms with Crippen LogP contribution in [0.2, 0.25) is 0 Å². The van der Waals surface area contributed by atoms with Crippen molar-refractivity contribution in [1.82, 2.24) is 9.38 Å². The molecule has 2 heterocycles. The van der Waals surface area contributed by atoms with E-state index < -0.39 is 5.41 Å². The molecule has 4 heteroatoms. The first-order valence-corrected chi connectivity index (χ1v) is 16.9. The van der Waals surface area contributed by atoms with E-state index in [1.807, 2.05) is 60.7 Å². The van der Waals surface area contributed by atoms with Crippen molar-refractivity contribution < 1.29 is 9.15 Å². The maximum atomic E-state index is 6.37. The lowest BCUT2D eigenvalue weighted by Gasteiger charge is -2.34. The largest absolute Gasteiger partial charge is 0.457 e. The highest BCUT2D eigenvalue weighted by molar-refractivity contribution is 5.92. The third-order valence-electron chi connectivity index (χ3n) is 9.99. The van der Waals surface area contributed by atoms with Gasteiger partial charge in [-0.1, -0.05) is 127 Å². The number of oxazole rings is 1. The molecule has 236 valence electrons. The molecule has 0 aliphatic heterocycles. The number of para-hydroxylation sites is 3. The minimum Gasteiger partial charge on any atom is -0.457 e. The molecule has 0 spiro atoms. The van der Waals surface area contributed by atoms with Gasteiger partial charge >= 0.3 is 5.84 Å². The summed E-state index contributed by atoms with van der Waals surface area (Å²) >= 11 is 0. The standard InChI is InChI=1S/C46H30N2O2/c1-4-14-33(15-5-1)46(34-16-6-2-7-17-34)39-21-11-10-20-37(39)38-29-26-32(30-40(38)46)44-43(47-45-48(44)41-22-12-13-23-42(41)50-45)31-24-27-36(28-25-31)49-35-18-8-3-9-19-35/h1-30H. The second-order valence-electron chi connectivity index (χ2n) is 12.7. The summed E-state index contributed by atoms with van der Waals surface area (Å²) in [5.41, 5.74) is 12.6. The number of imidazole rings is 1. The summed E-state index contributed by atoms with van der Waals surface area (Å²) in [6.07, 6.45) is 0. The second-order valence-corrected chi connectivity index (χ2v) is 12.7. The predicted octanol–water partition coefficient (Wildman–Crippen LogP) is 11.6. The fraction of sp³-hybridized carbons (Fsp3) is 0.0217. The molecule has 7 aromatic carbocycles. The summed E-state index contributed by atoms with van der Waals surface area (Å²) in [5, 5.41) is 0. The minimum atomic E-state index is -0.511. The Balaban J connectivity index is 1.22. The number of nitrogens with zero attached hydrogens (tertiary/aromatic N) is 2. The first kappa shape index (κ1) is 28.4. The van der Waals surface area contributed by atoms with Crippen molar-refractivity contribution in [3.8, 4) is 45.1 Å². The van der Waals surface area contributed by atoms with Crippen LogP contribution in [0.4, 0.5) is 0 Å². The molecular formula is C46H30N2O2. The zero-order chi connectivity index (χ0) is 33.1. The lowest BCUT2D eigenvalue weighted by molar-refractivity contribution is 0.483. The average molecular weight is 643 g/mol. The molecular weight excluding hydrogens is 613 g/mol. The Kier molecular flexibility index (Phi) is 6.36. The molecule has 9 aromatic rings. The van der Waals surface area contributed by atoms with Gasteiger partial charge in [0.1, 0.15) is 17.2 Å². The van der Waals surface area contributed by atoms with Crippen molar-refractivity contribution in [2.24, 2.45) is 0 Å². The average Bonchev–Trinajstić information content (AvgIpc) is 3.83. The quantitative estimate of drug-likeness (QED) is 0.181. The summed E-state index contributed by atoms with van der Waals surface area (Å²) in [6, 6.07) is 63.7. The van der Waals surface area contributed by atoms with Crippen LogP contribution in [0.3, 0.4) is 0 Å². The highest BCUT2D eigenvalue weighted by Gasteiger charge is 2.46. The summed E-state index contributed by atoms with van der Waals surface area (Å²) in [7, 11) is 0. The Morgan fingerprint density at radius 2 is 1.08 bits per heavy atom. The van der Waals surface area contributed by atoms with Crippen molar-refractivity contribution in [2.45, 2.75) is 5.41 Å². The van der Waals surface area contributed by atoms with Crippen LogP contribution in [0.15, 0.2) is 186 Å². The van der Waals surface area contributed by atoms with Crippen LogP contribution in [-0.4, -0.2) is 9.38 Å². The number of fused-ring (bicyclic) bond motifs is 6. The highest BCUT2D eigenvalue weighted by Crippen LogP contribution is 2.57. The first-order valence-electron chi connectivity index (χ1n) is 16.9. The molecule has 0 saturated carbocycles. The number of aromatic nitrogens is 2. The number of hydrogen-bond acceptors (Lipinski definition) is 3. The van der Waals surface area contributed by atoms with Gasteiger partial charge in [-0.15, -0.1) is 0 Å². The van der Waals surface area contributed by atoms with E-state index in [1.165, 1.54) is 33.4 Å². The molecule has 0 unspecified atom stereocenters. The fourth-order valence-electron chi connectivity index (χ4n) is 7.88. The lowest BCUT2D eigenvalue weighted by atomic mass is 9.67. The summed E-state index contributed by atoms with van der Waals surface area (Å²) in [6.45, 7) is 0. The normalized spacial score (nSPS) is 13.0. The Bertz CT molecular complexity index is 2620. The van der Waals surface area contributed by atoms with E-state index in [-0.39, 0.29) is 0 Å². The number of ether oxygens (including phenoxy) is 1. The van der Waals surface area contributed by atoms with Crippen molar-refractivity contribution in [3.05, 3.63) is 204 Å². The zero-order valence-corrected chi connectivity index (χ0v) is 27.0.